The molecule has 2 aromatic heterocycles. The van der Waals surface area contributed by atoms with E-state index in [-0.39, 0.29) is 12.4 Å². The maximum absolute atomic E-state index is 5.44. The molecule has 4 nitrogen and oxygen atoms in total. The zero-order valence-electron chi connectivity index (χ0n) is 11.3. The molecule has 1 saturated heterocycles. The highest BCUT2D eigenvalue weighted by atomic mass is 35.5. The number of morpholine rings is 1. The molecule has 0 atom stereocenters. The number of nitrogens with zero attached hydrogens (tertiary/aromatic N) is 3. The van der Waals surface area contributed by atoms with Crippen molar-refractivity contribution in [1.82, 2.24) is 9.97 Å². The average molecular weight is 312 g/mol. The van der Waals surface area contributed by atoms with Crippen molar-refractivity contribution in [3.63, 3.8) is 0 Å². The van der Waals surface area contributed by atoms with Gasteiger partial charge in [-0.2, -0.15) is 0 Å². The molecular weight excluding hydrogens is 294 g/mol. The molecule has 0 saturated carbocycles. The van der Waals surface area contributed by atoms with Gasteiger partial charge in [0.2, 0.25) is 0 Å². The smallest absolute Gasteiger partial charge is 0.141 e. The van der Waals surface area contributed by atoms with Gasteiger partial charge in [-0.25, -0.2) is 9.97 Å². The van der Waals surface area contributed by atoms with Crippen molar-refractivity contribution in [2.75, 3.05) is 31.2 Å². The van der Waals surface area contributed by atoms with Crippen LogP contribution in [0, 0.1) is 0 Å². The summed E-state index contributed by atoms with van der Waals surface area (Å²) in [5.74, 6) is 1.13. The molecule has 0 spiro atoms. The Hall–Kier alpha value is -0.910. The molecule has 1 fully saturated rings. The molecule has 20 heavy (non-hydrogen) atoms. The molecular formula is C14H18ClN3OS. The number of aromatic nitrogens is 2. The number of aryl methyl sites for hydroxylation is 2. The molecule has 2 aliphatic rings. The van der Waals surface area contributed by atoms with Crippen LogP contribution in [0.4, 0.5) is 5.82 Å². The van der Waals surface area contributed by atoms with Crippen LogP contribution in [0.15, 0.2) is 6.33 Å². The van der Waals surface area contributed by atoms with Crippen LogP contribution in [0.25, 0.3) is 10.2 Å². The van der Waals surface area contributed by atoms with Crippen molar-refractivity contribution >= 4 is 39.8 Å². The van der Waals surface area contributed by atoms with Gasteiger partial charge in [0.15, 0.2) is 0 Å². The van der Waals surface area contributed by atoms with Gasteiger partial charge in [-0.15, -0.1) is 23.7 Å². The average Bonchev–Trinajstić information content (AvgIpc) is 2.86. The summed E-state index contributed by atoms with van der Waals surface area (Å²) in [5, 5.41) is 1.32. The van der Waals surface area contributed by atoms with Crippen molar-refractivity contribution < 1.29 is 4.74 Å². The first-order chi connectivity index (χ1) is 9.43. The van der Waals surface area contributed by atoms with Crippen LogP contribution in [0.3, 0.4) is 0 Å². The summed E-state index contributed by atoms with van der Waals surface area (Å²) in [6.45, 7) is 3.49. The molecule has 0 N–H and O–H groups in total. The van der Waals surface area contributed by atoms with Gasteiger partial charge in [-0.3, -0.25) is 0 Å². The topological polar surface area (TPSA) is 38.2 Å². The quantitative estimate of drug-likeness (QED) is 0.812. The summed E-state index contributed by atoms with van der Waals surface area (Å²) < 4.78 is 5.44. The van der Waals surface area contributed by atoms with Crippen molar-refractivity contribution in [3.05, 3.63) is 16.8 Å². The fourth-order valence-corrected chi connectivity index (χ4v) is 4.31. The van der Waals surface area contributed by atoms with Crippen molar-refractivity contribution in [2.24, 2.45) is 0 Å². The number of thiophene rings is 1. The second kappa shape index (κ2) is 5.84. The van der Waals surface area contributed by atoms with Crippen LogP contribution in [-0.4, -0.2) is 36.3 Å². The Morgan fingerprint density at radius 3 is 2.75 bits per heavy atom. The van der Waals surface area contributed by atoms with E-state index >= 15 is 0 Å². The summed E-state index contributed by atoms with van der Waals surface area (Å²) in [6, 6.07) is 0. The van der Waals surface area contributed by atoms with Gasteiger partial charge < -0.3 is 9.64 Å². The zero-order chi connectivity index (χ0) is 12.7. The van der Waals surface area contributed by atoms with Crippen LogP contribution in [-0.2, 0) is 17.6 Å². The van der Waals surface area contributed by atoms with Crippen molar-refractivity contribution in [2.45, 2.75) is 25.7 Å². The summed E-state index contributed by atoms with van der Waals surface area (Å²) in [6.07, 6.45) is 6.75. The number of rotatable bonds is 1. The minimum atomic E-state index is 0. The lowest BCUT2D eigenvalue weighted by Crippen LogP contribution is -2.37. The summed E-state index contributed by atoms with van der Waals surface area (Å²) in [5.41, 5.74) is 1.52. The number of halogens is 1. The molecule has 0 bridgehead atoms. The second-order valence-electron chi connectivity index (χ2n) is 5.19. The SMILES string of the molecule is Cl.c1nc(N2CCOCC2)c2c3c(sc2n1)CCCC3. The largest absolute Gasteiger partial charge is 0.378 e. The molecule has 108 valence electrons. The van der Waals surface area contributed by atoms with Crippen LogP contribution < -0.4 is 4.90 Å². The molecule has 1 aliphatic carbocycles. The Balaban J connectivity index is 0.00000121. The van der Waals surface area contributed by atoms with E-state index in [0.717, 1.165) is 32.1 Å². The predicted octanol–water partition coefficient (Wildman–Crippen LogP) is 2.83. The molecule has 0 aromatic carbocycles. The van der Waals surface area contributed by atoms with Gasteiger partial charge >= 0.3 is 0 Å². The first kappa shape index (κ1) is 14.0. The Bertz CT molecular complexity index is 610. The summed E-state index contributed by atoms with van der Waals surface area (Å²) >= 11 is 1.87. The van der Waals surface area contributed by atoms with E-state index in [1.165, 1.54) is 46.3 Å². The number of anilines is 1. The minimum Gasteiger partial charge on any atom is -0.378 e. The maximum Gasteiger partial charge on any atom is 0.141 e. The highest BCUT2D eigenvalue weighted by Crippen LogP contribution is 2.39. The third-order valence-corrected chi connectivity index (χ3v) is 5.24. The first-order valence-corrected chi connectivity index (χ1v) is 7.83. The van der Waals surface area contributed by atoms with Crippen LogP contribution in [0.1, 0.15) is 23.3 Å². The highest BCUT2D eigenvalue weighted by molar-refractivity contribution is 7.19. The van der Waals surface area contributed by atoms with Gasteiger partial charge in [0.25, 0.3) is 0 Å². The molecule has 3 heterocycles. The fraction of sp³-hybridized carbons (Fsp3) is 0.571. The monoisotopic (exact) mass is 311 g/mol. The number of fused-ring (bicyclic) bond motifs is 3. The fourth-order valence-electron chi connectivity index (χ4n) is 3.09. The lowest BCUT2D eigenvalue weighted by molar-refractivity contribution is 0.122. The zero-order valence-corrected chi connectivity index (χ0v) is 12.9. The van der Waals surface area contributed by atoms with Gasteiger partial charge in [-0.1, -0.05) is 0 Å². The molecule has 0 unspecified atom stereocenters. The van der Waals surface area contributed by atoms with Crippen LogP contribution >= 0.6 is 23.7 Å². The van der Waals surface area contributed by atoms with Gasteiger partial charge in [0.1, 0.15) is 17.0 Å². The normalized spacial score (nSPS) is 18.7. The van der Waals surface area contributed by atoms with Gasteiger partial charge in [0, 0.05) is 18.0 Å². The maximum atomic E-state index is 5.44. The molecule has 6 heteroatoms. The Morgan fingerprint density at radius 1 is 1.10 bits per heavy atom. The van der Waals surface area contributed by atoms with E-state index in [0.29, 0.717) is 0 Å². The van der Waals surface area contributed by atoms with E-state index in [2.05, 4.69) is 14.9 Å². The summed E-state index contributed by atoms with van der Waals surface area (Å²) in [4.78, 5) is 14.1. The molecule has 0 radical (unpaired) electrons. The third kappa shape index (κ3) is 2.28. The van der Waals surface area contributed by atoms with E-state index < -0.39 is 0 Å². The predicted molar refractivity (Wildman–Crippen MR) is 84.3 cm³/mol. The molecule has 2 aromatic rings. The number of ether oxygens (including phenoxy) is 1. The lowest BCUT2D eigenvalue weighted by Gasteiger charge is -2.28. The van der Waals surface area contributed by atoms with E-state index in [1.807, 2.05) is 11.3 Å². The van der Waals surface area contributed by atoms with Crippen LogP contribution in [0.2, 0.25) is 0 Å². The number of hydrogen-bond donors (Lipinski definition) is 0. The van der Waals surface area contributed by atoms with E-state index in [9.17, 15) is 0 Å². The van der Waals surface area contributed by atoms with Crippen LogP contribution in [0.5, 0.6) is 0 Å². The van der Waals surface area contributed by atoms with Crippen molar-refractivity contribution in [3.8, 4) is 0 Å². The van der Waals surface area contributed by atoms with Gasteiger partial charge in [-0.05, 0) is 31.2 Å². The molecule has 1 aliphatic heterocycles. The third-order valence-electron chi connectivity index (χ3n) is 4.04. The Kier molecular flexibility index (Phi) is 4.10. The lowest BCUT2D eigenvalue weighted by atomic mass is 9.97. The van der Waals surface area contributed by atoms with Gasteiger partial charge in [0.05, 0.1) is 18.6 Å². The highest BCUT2D eigenvalue weighted by Gasteiger charge is 2.23. The number of hydrogen-bond acceptors (Lipinski definition) is 5. The standard InChI is InChI=1S/C14H17N3OS.ClH/c1-2-4-11-10(3-1)12-13(15-9-16-14(12)19-11)17-5-7-18-8-6-17;/h9H,1-8H2;1H. The Morgan fingerprint density at radius 2 is 1.90 bits per heavy atom. The molecule has 0 amide bonds. The Labute approximate surface area is 128 Å². The van der Waals surface area contributed by atoms with Crippen molar-refractivity contribution in [1.29, 1.82) is 0 Å². The minimum absolute atomic E-state index is 0. The summed E-state index contributed by atoms with van der Waals surface area (Å²) in [7, 11) is 0. The second-order valence-corrected chi connectivity index (χ2v) is 6.27. The van der Waals surface area contributed by atoms with E-state index in [1.54, 1.807) is 6.33 Å². The van der Waals surface area contributed by atoms with E-state index in [4.69, 9.17) is 4.74 Å². The first-order valence-electron chi connectivity index (χ1n) is 7.01. The molecule has 4 rings (SSSR count).